The van der Waals surface area contributed by atoms with Crippen molar-refractivity contribution in [1.29, 1.82) is 0 Å². The molecule has 0 aliphatic rings. The van der Waals surface area contributed by atoms with E-state index in [4.69, 9.17) is 4.74 Å². The van der Waals surface area contributed by atoms with Gasteiger partial charge in [-0.1, -0.05) is 51.8 Å². The first kappa shape index (κ1) is 16.0. The van der Waals surface area contributed by atoms with Crippen molar-refractivity contribution in [3.05, 3.63) is 29.8 Å². The first-order valence-electron chi connectivity index (χ1n) is 7.65. The summed E-state index contributed by atoms with van der Waals surface area (Å²) in [6.45, 7) is 6.75. The van der Waals surface area contributed by atoms with Gasteiger partial charge in [-0.05, 0) is 25.3 Å². The van der Waals surface area contributed by atoms with Gasteiger partial charge in [0.25, 0.3) is 0 Å². The first-order chi connectivity index (χ1) is 9.26. The quantitative estimate of drug-likeness (QED) is 0.697. The summed E-state index contributed by atoms with van der Waals surface area (Å²) in [6.07, 6.45) is 6.10. The molecule has 2 heteroatoms. The van der Waals surface area contributed by atoms with Crippen LogP contribution < -0.4 is 10.1 Å². The highest BCUT2D eigenvalue weighted by atomic mass is 16.5. The highest BCUT2D eigenvalue weighted by Crippen LogP contribution is 2.27. The summed E-state index contributed by atoms with van der Waals surface area (Å²) in [5.41, 5.74) is 1.28. The lowest BCUT2D eigenvalue weighted by molar-refractivity contribution is 0.365. The molecule has 0 aliphatic carbocycles. The van der Waals surface area contributed by atoms with Gasteiger partial charge in [0.05, 0.1) is 7.11 Å². The third-order valence-electron chi connectivity index (χ3n) is 3.76. The van der Waals surface area contributed by atoms with Crippen molar-refractivity contribution in [3.8, 4) is 5.75 Å². The molecule has 0 heterocycles. The van der Waals surface area contributed by atoms with Gasteiger partial charge in [0.2, 0.25) is 0 Å². The van der Waals surface area contributed by atoms with E-state index in [2.05, 4.69) is 38.2 Å². The van der Waals surface area contributed by atoms with Crippen LogP contribution in [0.4, 0.5) is 0 Å². The molecule has 1 rings (SSSR count). The summed E-state index contributed by atoms with van der Waals surface area (Å²) < 4.78 is 5.48. The maximum absolute atomic E-state index is 5.48. The van der Waals surface area contributed by atoms with Crippen molar-refractivity contribution < 1.29 is 4.74 Å². The molecule has 0 fully saturated rings. The average Bonchev–Trinajstić information content (AvgIpc) is 2.47. The molecule has 1 N–H and O–H groups in total. The van der Waals surface area contributed by atoms with Crippen LogP contribution in [-0.4, -0.2) is 13.2 Å². The summed E-state index contributed by atoms with van der Waals surface area (Å²) in [6, 6.07) is 9.34. The van der Waals surface area contributed by atoms with E-state index in [0.29, 0.717) is 12.1 Å². The predicted octanol–water partition coefficient (Wildman–Crippen LogP) is 4.70. The summed E-state index contributed by atoms with van der Waals surface area (Å²) in [4.78, 5) is 0. The Kier molecular flexibility index (Phi) is 7.57. The molecular formula is C17H29NO. The molecule has 2 atom stereocenters. The number of unbranched alkanes of at least 4 members (excludes halogenated alkanes) is 1. The molecule has 0 spiro atoms. The van der Waals surface area contributed by atoms with E-state index in [-0.39, 0.29) is 0 Å². The van der Waals surface area contributed by atoms with Crippen LogP contribution in [0.3, 0.4) is 0 Å². The van der Waals surface area contributed by atoms with Crippen LogP contribution in [0.25, 0.3) is 0 Å². The number of methoxy groups -OCH3 is 1. The second-order valence-corrected chi connectivity index (χ2v) is 5.12. The number of benzene rings is 1. The van der Waals surface area contributed by atoms with Crippen LogP contribution in [0.15, 0.2) is 24.3 Å². The molecule has 0 bridgehead atoms. The van der Waals surface area contributed by atoms with E-state index in [9.17, 15) is 0 Å². The number of hydrogen-bond donors (Lipinski definition) is 1. The molecule has 1 aromatic carbocycles. The van der Waals surface area contributed by atoms with E-state index in [1.165, 1.54) is 31.2 Å². The fraction of sp³-hybridized carbons (Fsp3) is 0.647. The smallest absolute Gasteiger partial charge is 0.123 e. The second-order valence-electron chi connectivity index (χ2n) is 5.12. The molecule has 0 amide bonds. The van der Waals surface area contributed by atoms with Crippen LogP contribution in [0.2, 0.25) is 0 Å². The van der Waals surface area contributed by atoms with Gasteiger partial charge in [0.1, 0.15) is 5.75 Å². The Morgan fingerprint density at radius 3 is 2.42 bits per heavy atom. The Morgan fingerprint density at radius 2 is 1.84 bits per heavy atom. The lowest BCUT2D eigenvalue weighted by Crippen LogP contribution is -2.32. The Morgan fingerprint density at radius 1 is 1.11 bits per heavy atom. The van der Waals surface area contributed by atoms with Crippen LogP contribution in [0, 0.1) is 0 Å². The van der Waals surface area contributed by atoms with Crippen molar-refractivity contribution in [2.45, 2.75) is 65.0 Å². The lowest BCUT2D eigenvalue weighted by Gasteiger charge is -2.26. The van der Waals surface area contributed by atoms with Gasteiger partial charge in [-0.25, -0.2) is 0 Å². The molecule has 1 aromatic rings. The maximum atomic E-state index is 5.48. The topological polar surface area (TPSA) is 21.3 Å². The van der Waals surface area contributed by atoms with E-state index >= 15 is 0 Å². The standard InChI is InChI=1S/C17H29NO/c1-5-8-11-14(6-2)18-16(7-3)15-12-9-10-13-17(15)19-4/h9-10,12-14,16,18H,5-8,11H2,1-4H3. The molecule has 108 valence electrons. The van der Waals surface area contributed by atoms with Crippen LogP contribution in [0.5, 0.6) is 5.75 Å². The number of hydrogen-bond acceptors (Lipinski definition) is 2. The van der Waals surface area contributed by atoms with Gasteiger partial charge in [0, 0.05) is 17.6 Å². The molecule has 0 saturated heterocycles. The summed E-state index contributed by atoms with van der Waals surface area (Å²) >= 11 is 0. The molecule has 0 saturated carbocycles. The van der Waals surface area contributed by atoms with Crippen LogP contribution >= 0.6 is 0 Å². The molecule has 19 heavy (non-hydrogen) atoms. The molecule has 2 unspecified atom stereocenters. The normalized spacial score (nSPS) is 14.1. The first-order valence-corrected chi connectivity index (χ1v) is 7.65. The van der Waals surface area contributed by atoms with Gasteiger partial charge < -0.3 is 10.1 Å². The second kappa shape index (κ2) is 8.98. The van der Waals surface area contributed by atoms with Crippen molar-refractivity contribution in [3.63, 3.8) is 0 Å². The van der Waals surface area contributed by atoms with Crippen LogP contribution in [-0.2, 0) is 0 Å². The Bertz CT molecular complexity index is 351. The van der Waals surface area contributed by atoms with Crippen molar-refractivity contribution in [1.82, 2.24) is 5.32 Å². The third kappa shape index (κ3) is 4.87. The fourth-order valence-electron chi connectivity index (χ4n) is 2.52. The van der Waals surface area contributed by atoms with E-state index < -0.39 is 0 Å². The zero-order chi connectivity index (χ0) is 14.1. The molecule has 2 nitrogen and oxygen atoms in total. The number of nitrogens with one attached hydrogen (secondary N) is 1. The lowest BCUT2D eigenvalue weighted by atomic mass is 10.00. The Balaban J connectivity index is 2.75. The average molecular weight is 263 g/mol. The fourth-order valence-corrected chi connectivity index (χ4v) is 2.52. The van der Waals surface area contributed by atoms with Gasteiger partial charge >= 0.3 is 0 Å². The zero-order valence-electron chi connectivity index (χ0n) is 12.9. The zero-order valence-corrected chi connectivity index (χ0v) is 12.9. The van der Waals surface area contributed by atoms with E-state index in [1.54, 1.807) is 7.11 Å². The molecule has 0 aromatic heterocycles. The number of rotatable bonds is 9. The highest BCUT2D eigenvalue weighted by Gasteiger charge is 2.17. The summed E-state index contributed by atoms with van der Waals surface area (Å²) in [7, 11) is 1.75. The summed E-state index contributed by atoms with van der Waals surface area (Å²) in [5, 5.41) is 3.80. The minimum absolute atomic E-state index is 0.387. The van der Waals surface area contributed by atoms with Gasteiger partial charge in [-0.3, -0.25) is 0 Å². The highest BCUT2D eigenvalue weighted by molar-refractivity contribution is 5.35. The minimum Gasteiger partial charge on any atom is -0.496 e. The number of ether oxygens (including phenoxy) is 1. The van der Waals surface area contributed by atoms with Crippen molar-refractivity contribution in [2.75, 3.05) is 7.11 Å². The van der Waals surface area contributed by atoms with Crippen molar-refractivity contribution in [2.24, 2.45) is 0 Å². The molecule has 0 radical (unpaired) electrons. The number of para-hydroxylation sites is 1. The Hall–Kier alpha value is -1.02. The third-order valence-corrected chi connectivity index (χ3v) is 3.76. The maximum Gasteiger partial charge on any atom is 0.123 e. The van der Waals surface area contributed by atoms with E-state index in [0.717, 1.165) is 12.2 Å². The van der Waals surface area contributed by atoms with Gasteiger partial charge in [-0.2, -0.15) is 0 Å². The Labute approximate surface area is 118 Å². The van der Waals surface area contributed by atoms with E-state index in [1.807, 2.05) is 12.1 Å². The molecule has 0 aliphatic heterocycles. The predicted molar refractivity (Wildman–Crippen MR) is 82.8 cm³/mol. The largest absolute Gasteiger partial charge is 0.496 e. The molecular weight excluding hydrogens is 234 g/mol. The van der Waals surface area contributed by atoms with Gasteiger partial charge in [-0.15, -0.1) is 0 Å². The minimum atomic E-state index is 0.387. The van der Waals surface area contributed by atoms with Gasteiger partial charge in [0.15, 0.2) is 0 Å². The summed E-state index contributed by atoms with van der Waals surface area (Å²) in [5.74, 6) is 0.993. The van der Waals surface area contributed by atoms with Crippen LogP contribution in [0.1, 0.15) is 64.5 Å². The monoisotopic (exact) mass is 263 g/mol. The van der Waals surface area contributed by atoms with Crippen molar-refractivity contribution >= 4 is 0 Å². The SMILES string of the molecule is CCCCC(CC)NC(CC)c1ccccc1OC.